The molecule has 3 spiro atoms. The van der Waals surface area contributed by atoms with Crippen LogP contribution in [0.4, 0.5) is 5.69 Å². The number of nitrogens with zero attached hydrogens (tertiary/aromatic N) is 2. The topological polar surface area (TPSA) is 99.2 Å². The van der Waals surface area contributed by atoms with Crippen LogP contribution >= 0.6 is 0 Å². The maximum Gasteiger partial charge on any atom is 0.262 e. The van der Waals surface area contributed by atoms with Gasteiger partial charge in [0.25, 0.3) is 5.91 Å². The van der Waals surface area contributed by atoms with Gasteiger partial charge in [-0.25, -0.2) is 0 Å². The molecule has 0 aromatic heterocycles. The number of piperazine rings is 1. The summed E-state index contributed by atoms with van der Waals surface area (Å²) in [4.78, 5) is 43.1. The molecule has 8 nitrogen and oxygen atoms in total. The van der Waals surface area contributed by atoms with Gasteiger partial charge in [0.1, 0.15) is 22.4 Å². The average molecular weight is 464 g/mol. The number of hydrogen-bond donors (Lipinski definition) is 2. The first kappa shape index (κ1) is 20.5. The summed E-state index contributed by atoms with van der Waals surface area (Å²) in [6.45, 7) is 8.53. The highest BCUT2D eigenvalue weighted by Gasteiger charge is 2.81. The van der Waals surface area contributed by atoms with Crippen LogP contribution < -0.4 is 15.1 Å². The highest BCUT2D eigenvalue weighted by atomic mass is 16.5. The number of hydrogen-bond acceptors (Lipinski definition) is 5. The van der Waals surface area contributed by atoms with Crippen LogP contribution in [0.3, 0.4) is 0 Å². The molecule has 1 saturated carbocycles. The van der Waals surface area contributed by atoms with E-state index in [9.17, 15) is 19.6 Å². The Balaban J connectivity index is 1.46. The summed E-state index contributed by atoms with van der Waals surface area (Å²) in [7, 11) is 0. The first-order valence-electron chi connectivity index (χ1n) is 12.2. The van der Waals surface area contributed by atoms with Crippen molar-refractivity contribution in [2.75, 3.05) is 11.6 Å². The lowest BCUT2D eigenvalue weighted by Crippen LogP contribution is -2.81. The van der Waals surface area contributed by atoms with Crippen LogP contribution in [0.2, 0.25) is 0 Å². The summed E-state index contributed by atoms with van der Waals surface area (Å²) in [5, 5.41) is 15.1. The molecular formula is C26H29N3O5. The number of carbonyl (C=O) groups excluding carboxylic acids is 3. The number of benzene rings is 1. The van der Waals surface area contributed by atoms with Gasteiger partial charge in [0.15, 0.2) is 0 Å². The fourth-order valence-electron chi connectivity index (χ4n) is 8.34. The highest BCUT2D eigenvalue weighted by Crippen LogP contribution is 2.71. The molecule has 5 fully saturated rings. The number of rotatable bonds is 0. The number of ether oxygens (including phenoxy) is 1. The molecule has 1 aromatic carbocycles. The second-order valence-corrected chi connectivity index (χ2v) is 12.1. The van der Waals surface area contributed by atoms with E-state index in [0.717, 1.165) is 11.5 Å². The Morgan fingerprint density at radius 2 is 1.88 bits per heavy atom. The smallest absolute Gasteiger partial charge is 0.262 e. The Bertz CT molecular complexity index is 1270. The van der Waals surface area contributed by atoms with E-state index in [0.29, 0.717) is 42.0 Å². The maximum absolute atomic E-state index is 14.0. The molecule has 1 aliphatic carbocycles. The number of hydroxylamine groups is 1. The van der Waals surface area contributed by atoms with Crippen molar-refractivity contribution in [2.45, 2.75) is 75.5 Å². The Labute approximate surface area is 197 Å². The first-order valence-corrected chi connectivity index (χ1v) is 12.2. The third kappa shape index (κ3) is 1.87. The Morgan fingerprint density at radius 1 is 1.12 bits per heavy atom. The second kappa shape index (κ2) is 5.51. The van der Waals surface area contributed by atoms with Gasteiger partial charge in [0.2, 0.25) is 11.8 Å². The number of fused-ring (bicyclic) bond motifs is 5. The number of anilines is 1. The zero-order chi connectivity index (χ0) is 24.1. The quantitative estimate of drug-likeness (QED) is 0.576. The lowest BCUT2D eigenvalue weighted by atomic mass is 9.57. The lowest BCUT2D eigenvalue weighted by molar-refractivity contribution is -0.175. The van der Waals surface area contributed by atoms with Gasteiger partial charge in [-0.2, -0.15) is 5.06 Å². The van der Waals surface area contributed by atoms with Gasteiger partial charge >= 0.3 is 0 Å². The number of carbonyl (C=O) groups is 3. The third-order valence-electron chi connectivity index (χ3n) is 9.96. The Morgan fingerprint density at radius 3 is 2.65 bits per heavy atom. The number of nitrogens with one attached hydrogen (secondary N) is 1. The van der Waals surface area contributed by atoms with Crippen LogP contribution in [0.1, 0.15) is 64.5 Å². The molecule has 2 bridgehead atoms. The first-order chi connectivity index (χ1) is 15.9. The van der Waals surface area contributed by atoms with Crippen molar-refractivity contribution in [3.63, 3.8) is 0 Å². The van der Waals surface area contributed by atoms with E-state index in [1.165, 1.54) is 0 Å². The average Bonchev–Trinajstić information content (AvgIpc) is 3.36. The molecule has 8 heteroatoms. The highest BCUT2D eigenvalue weighted by molar-refractivity contribution is 6.13. The van der Waals surface area contributed by atoms with Crippen molar-refractivity contribution in [3.8, 4) is 5.75 Å². The summed E-state index contributed by atoms with van der Waals surface area (Å²) < 4.78 is 6.10. The van der Waals surface area contributed by atoms with E-state index < -0.39 is 33.4 Å². The largest absolute Gasteiger partial charge is 0.483 e. The van der Waals surface area contributed by atoms with Gasteiger partial charge < -0.3 is 15.0 Å². The lowest BCUT2D eigenvalue weighted by Gasteiger charge is -2.59. The minimum Gasteiger partial charge on any atom is -0.483 e. The van der Waals surface area contributed by atoms with Crippen LogP contribution in [0.25, 0.3) is 6.08 Å². The summed E-state index contributed by atoms with van der Waals surface area (Å²) in [6.07, 6.45) is 5.98. The molecule has 34 heavy (non-hydrogen) atoms. The zero-order valence-corrected chi connectivity index (χ0v) is 19.9. The summed E-state index contributed by atoms with van der Waals surface area (Å²) in [5.74, 6) is -0.217. The van der Waals surface area contributed by atoms with E-state index in [1.807, 2.05) is 52.0 Å². The SMILES string of the molecule is CC1(C)C=Cc2c(ccc3c2N(O)C(=O)[C@]32C[C@]34NC(=O)[C@]5(CCCN5C3=O)C[C@@H]4C2(C)C)O1. The molecule has 7 aliphatic rings. The minimum absolute atomic E-state index is 0.0699. The van der Waals surface area contributed by atoms with Crippen molar-refractivity contribution < 1.29 is 24.3 Å². The van der Waals surface area contributed by atoms with E-state index in [-0.39, 0.29) is 24.2 Å². The van der Waals surface area contributed by atoms with E-state index in [2.05, 4.69) is 5.32 Å². The van der Waals surface area contributed by atoms with Crippen molar-refractivity contribution in [1.82, 2.24) is 10.2 Å². The molecule has 8 rings (SSSR count). The molecule has 0 unspecified atom stereocenters. The standard InChI is InChI=1S/C26H29N3O5/c1-22(2)10-8-14-16(34-22)7-6-15-18(14)29(33)20(31)25(15)13-26-17(23(25,3)4)12-24(19(30)27-26)9-5-11-28(24)21(26)32/h6-8,10,17,33H,5,9,11-13H2,1-4H3,(H,27,30)/t17-,24+,25+,26-/m1/s1. The van der Waals surface area contributed by atoms with Gasteiger partial charge in [-0.3, -0.25) is 19.6 Å². The van der Waals surface area contributed by atoms with Crippen LogP contribution in [0.5, 0.6) is 5.75 Å². The molecule has 1 aromatic rings. The molecule has 178 valence electrons. The molecule has 3 amide bonds. The molecule has 6 heterocycles. The molecule has 4 atom stereocenters. The maximum atomic E-state index is 14.0. The molecule has 0 radical (unpaired) electrons. The number of piperidine rings is 2. The van der Waals surface area contributed by atoms with Gasteiger partial charge in [0.05, 0.1) is 11.1 Å². The minimum atomic E-state index is -1.15. The van der Waals surface area contributed by atoms with Crippen molar-refractivity contribution in [3.05, 3.63) is 29.3 Å². The monoisotopic (exact) mass is 463 g/mol. The van der Waals surface area contributed by atoms with Crippen molar-refractivity contribution in [2.24, 2.45) is 11.3 Å². The van der Waals surface area contributed by atoms with E-state index in [1.54, 1.807) is 4.90 Å². The Hall–Kier alpha value is -2.87. The molecule has 2 N–H and O–H groups in total. The summed E-state index contributed by atoms with van der Waals surface area (Å²) >= 11 is 0. The van der Waals surface area contributed by atoms with Gasteiger partial charge in [-0.05, 0) is 68.7 Å². The predicted molar refractivity (Wildman–Crippen MR) is 122 cm³/mol. The molecule has 4 saturated heterocycles. The van der Waals surface area contributed by atoms with E-state index in [4.69, 9.17) is 4.74 Å². The molecule has 6 aliphatic heterocycles. The number of amides is 3. The summed E-state index contributed by atoms with van der Waals surface area (Å²) in [6, 6.07) is 3.73. The fourth-order valence-corrected chi connectivity index (χ4v) is 8.34. The molecular weight excluding hydrogens is 434 g/mol. The summed E-state index contributed by atoms with van der Waals surface area (Å²) in [5.41, 5.74) is -2.51. The van der Waals surface area contributed by atoms with Crippen LogP contribution in [0.15, 0.2) is 18.2 Å². The predicted octanol–water partition coefficient (Wildman–Crippen LogP) is 2.52. The van der Waals surface area contributed by atoms with Crippen LogP contribution in [-0.4, -0.2) is 51.1 Å². The van der Waals surface area contributed by atoms with E-state index >= 15 is 0 Å². The Kier molecular flexibility index (Phi) is 3.32. The van der Waals surface area contributed by atoms with Gasteiger partial charge in [-0.15, -0.1) is 0 Å². The van der Waals surface area contributed by atoms with Crippen LogP contribution in [-0.2, 0) is 19.8 Å². The second-order valence-electron chi connectivity index (χ2n) is 12.1. The van der Waals surface area contributed by atoms with Gasteiger partial charge in [-0.1, -0.05) is 19.9 Å². The third-order valence-corrected chi connectivity index (χ3v) is 9.96. The van der Waals surface area contributed by atoms with Crippen molar-refractivity contribution >= 4 is 29.5 Å². The fraction of sp³-hybridized carbons (Fsp3) is 0.577. The van der Waals surface area contributed by atoms with Crippen LogP contribution in [0, 0.1) is 11.3 Å². The normalized spacial score (nSPS) is 39.7. The van der Waals surface area contributed by atoms with Gasteiger partial charge in [0, 0.05) is 18.0 Å². The van der Waals surface area contributed by atoms with Crippen molar-refractivity contribution in [1.29, 1.82) is 0 Å². The zero-order valence-electron chi connectivity index (χ0n) is 19.9.